The van der Waals surface area contributed by atoms with Gasteiger partial charge in [-0.2, -0.15) is 0 Å². The van der Waals surface area contributed by atoms with Crippen molar-refractivity contribution < 1.29 is 9.53 Å². The Morgan fingerprint density at radius 2 is 2.08 bits per heavy atom. The average molecular weight is 341 g/mol. The zero-order valence-corrected chi connectivity index (χ0v) is 14.4. The number of hydrogen-bond acceptors (Lipinski definition) is 6. The Bertz CT molecular complexity index is 687. The number of aromatic nitrogens is 3. The molecule has 0 aliphatic carbocycles. The number of pyridine rings is 1. The molecular weight excluding hydrogens is 318 g/mol. The lowest BCUT2D eigenvalue weighted by Gasteiger charge is -2.32. The first-order valence-electron chi connectivity index (χ1n) is 8.67. The summed E-state index contributed by atoms with van der Waals surface area (Å²) in [7, 11) is 0. The van der Waals surface area contributed by atoms with Crippen LogP contribution in [0.15, 0.2) is 36.9 Å². The monoisotopic (exact) mass is 341 g/mol. The van der Waals surface area contributed by atoms with Crippen LogP contribution in [0.5, 0.6) is 5.88 Å². The largest absolute Gasteiger partial charge is 0.475 e. The van der Waals surface area contributed by atoms with E-state index in [4.69, 9.17) is 4.74 Å². The van der Waals surface area contributed by atoms with E-state index >= 15 is 0 Å². The van der Waals surface area contributed by atoms with E-state index in [2.05, 4.69) is 27.2 Å². The second kappa shape index (κ2) is 8.41. The minimum Gasteiger partial charge on any atom is -0.475 e. The third-order valence-electron chi connectivity index (χ3n) is 4.14. The fourth-order valence-electron chi connectivity index (χ4n) is 2.82. The molecule has 1 N–H and O–H groups in total. The van der Waals surface area contributed by atoms with Gasteiger partial charge in [-0.25, -0.2) is 9.97 Å². The summed E-state index contributed by atoms with van der Waals surface area (Å²) in [5, 5.41) is 3.41. The molecule has 132 valence electrons. The van der Waals surface area contributed by atoms with Gasteiger partial charge in [-0.3, -0.25) is 9.78 Å². The van der Waals surface area contributed by atoms with Crippen LogP contribution in [0.25, 0.3) is 0 Å². The topological polar surface area (TPSA) is 80.2 Å². The minimum absolute atomic E-state index is 0.0398. The van der Waals surface area contributed by atoms with Crippen LogP contribution < -0.4 is 10.1 Å². The van der Waals surface area contributed by atoms with E-state index < -0.39 is 0 Å². The molecule has 0 saturated carbocycles. The highest BCUT2D eigenvalue weighted by atomic mass is 16.5. The van der Waals surface area contributed by atoms with Crippen LogP contribution in [0, 0.1) is 0 Å². The van der Waals surface area contributed by atoms with Crippen LogP contribution in [0.4, 0.5) is 5.82 Å². The number of nitrogens with one attached hydrogen (secondary N) is 1. The third-order valence-corrected chi connectivity index (χ3v) is 4.14. The molecule has 1 amide bonds. The number of carbonyl (C=O) groups excluding carboxylic acids is 1. The molecule has 2 aromatic heterocycles. The summed E-state index contributed by atoms with van der Waals surface area (Å²) >= 11 is 0. The van der Waals surface area contributed by atoms with E-state index in [0.29, 0.717) is 37.0 Å². The molecular formula is C18H23N5O2. The van der Waals surface area contributed by atoms with Crippen molar-refractivity contribution in [3.8, 4) is 5.88 Å². The molecule has 0 aromatic carbocycles. The Hall–Kier alpha value is -2.70. The predicted molar refractivity (Wildman–Crippen MR) is 94.6 cm³/mol. The Kier molecular flexibility index (Phi) is 5.77. The number of ether oxygens (including phenoxy) is 1. The van der Waals surface area contributed by atoms with Crippen molar-refractivity contribution >= 4 is 11.7 Å². The molecule has 7 heteroatoms. The third kappa shape index (κ3) is 4.43. The highest BCUT2D eigenvalue weighted by Crippen LogP contribution is 2.22. The average Bonchev–Trinajstić information content (AvgIpc) is 2.68. The molecule has 3 heterocycles. The van der Waals surface area contributed by atoms with Crippen molar-refractivity contribution in [3.63, 3.8) is 0 Å². The smallest absolute Gasteiger partial charge is 0.257 e. The van der Waals surface area contributed by atoms with E-state index in [1.54, 1.807) is 36.9 Å². The van der Waals surface area contributed by atoms with Gasteiger partial charge in [-0.1, -0.05) is 6.92 Å². The van der Waals surface area contributed by atoms with Gasteiger partial charge in [0.1, 0.15) is 0 Å². The van der Waals surface area contributed by atoms with E-state index in [9.17, 15) is 4.79 Å². The van der Waals surface area contributed by atoms with Crippen molar-refractivity contribution in [1.82, 2.24) is 19.9 Å². The molecule has 3 rings (SSSR count). The van der Waals surface area contributed by atoms with Crippen molar-refractivity contribution in [2.45, 2.75) is 32.2 Å². The van der Waals surface area contributed by atoms with Crippen molar-refractivity contribution in [3.05, 3.63) is 42.5 Å². The molecule has 1 saturated heterocycles. The van der Waals surface area contributed by atoms with Gasteiger partial charge in [-0.05, 0) is 31.4 Å². The number of amides is 1. The summed E-state index contributed by atoms with van der Waals surface area (Å²) in [6.45, 7) is 4.08. The second-order valence-corrected chi connectivity index (χ2v) is 6.01. The summed E-state index contributed by atoms with van der Waals surface area (Å²) in [6, 6.07) is 3.84. The van der Waals surface area contributed by atoms with Crippen molar-refractivity contribution in [2.75, 3.05) is 25.0 Å². The van der Waals surface area contributed by atoms with Gasteiger partial charge in [0.25, 0.3) is 11.8 Å². The zero-order chi connectivity index (χ0) is 17.5. The van der Waals surface area contributed by atoms with E-state index in [0.717, 1.165) is 19.3 Å². The Labute approximate surface area is 147 Å². The molecule has 7 nitrogen and oxygen atoms in total. The van der Waals surface area contributed by atoms with Crippen LogP contribution >= 0.6 is 0 Å². The molecule has 2 aromatic rings. The lowest BCUT2D eigenvalue weighted by molar-refractivity contribution is 0.0718. The molecule has 0 radical (unpaired) electrons. The van der Waals surface area contributed by atoms with Crippen LogP contribution in [0.2, 0.25) is 0 Å². The lowest BCUT2D eigenvalue weighted by Crippen LogP contribution is -2.42. The summed E-state index contributed by atoms with van der Waals surface area (Å²) in [5.74, 6) is 1.25. The number of anilines is 1. The Morgan fingerprint density at radius 3 is 2.80 bits per heavy atom. The summed E-state index contributed by atoms with van der Waals surface area (Å²) in [5.41, 5.74) is 0.637. The Morgan fingerprint density at radius 1 is 1.28 bits per heavy atom. The normalized spacial score (nSPS) is 15.0. The molecule has 1 aliphatic heterocycles. The van der Waals surface area contributed by atoms with Gasteiger partial charge in [-0.15, -0.1) is 0 Å². The SMILES string of the molecule is CCCOc1nccnc1NC1CCN(C(=O)c2cccnc2)CC1. The molecule has 25 heavy (non-hydrogen) atoms. The fraction of sp³-hybridized carbons (Fsp3) is 0.444. The maximum atomic E-state index is 12.5. The zero-order valence-electron chi connectivity index (χ0n) is 14.4. The molecule has 1 fully saturated rings. The second-order valence-electron chi connectivity index (χ2n) is 6.01. The first-order valence-corrected chi connectivity index (χ1v) is 8.67. The molecule has 0 unspecified atom stereocenters. The molecule has 0 bridgehead atoms. The van der Waals surface area contributed by atoms with E-state index in [-0.39, 0.29) is 11.9 Å². The number of rotatable bonds is 6. The first-order chi connectivity index (χ1) is 12.3. The summed E-state index contributed by atoms with van der Waals surface area (Å²) < 4.78 is 5.64. The van der Waals surface area contributed by atoms with Gasteiger partial charge in [0, 0.05) is 43.9 Å². The highest BCUT2D eigenvalue weighted by Gasteiger charge is 2.24. The molecule has 0 spiro atoms. The van der Waals surface area contributed by atoms with Crippen LogP contribution in [0.3, 0.4) is 0 Å². The number of nitrogens with zero attached hydrogens (tertiary/aromatic N) is 4. The summed E-state index contributed by atoms with van der Waals surface area (Å²) in [6.07, 6.45) is 9.21. The van der Waals surface area contributed by atoms with Crippen LogP contribution in [-0.4, -0.2) is 51.5 Å². The Balaban J connectivity index is 1.56. The maximum Gasteiger partial charge on any atom is 0.257 e. The summed E-state index contributed by atoms with van der Waals surface area (Å²) in [4.78, 5) is 26.9. The maximum absolute atomic E-state index is 12.5. The van der Waals surface area contributed by atoms with E-state index in [1.165, 1.54) is 0 Å². The number of hydrogen-bond donors (Lipinski definition) is 1. The lowest BCUT2D eigenvalue weighted by atomic mass is 10.0. The first kappa shape index (κ1) is 17.1. The minimum atomic E-state index is 0.0398. The van der Waals surface area contributed by atoms with Gasteiger partial charge >= 0.3 is 0 Å². The quantitative estimate of drug-likeness (QED) is 0.869. The highest BCUT2D eigenvalue weighted by molar-refractivity contribution is 5.93. The van der Waals surface area contributed by atoms with Gasteiger partial charge < -0.3 is 15.0 Å². The van der Waals surface area contributed by atoms with Crippen LogP contribution in [0.1, 0.15) is 36.5 Å². The fourth-order valence-corrected chi connectivity index (χ4v) is 2.82. The number of carbonyl (C=O) groups is 1. The van der Waals surface area contributed by atoms with Gasteiger partial charge in [0.05, 0.1) is 12.2 Å². The standard InChI is InChI=1S/C18H23N5O2/c1-2-12-25-17-16(20-8-9-21-17)22-15-5-10-23(11-6-15)18(24)14-4-3-7-19-13-14/h3-4,7-9,13,15H,2,5-6,10-12H2,1H3,(H,20,22). The number of piperidine rings is 1. The van der Waals surface area contributed by atoms with Gasteiger partial charge in [0.15, 0.2) is 5.82 Å². The molecule has 0 atom stereocenters. The van der Waals surface area contributed by atoms with E-state index in [1.807, 2.05) is 4.90 Å². The number of likely N-dealkylation sites (tertiary alicyclic amines) is 1. The van der Waals surface area contributed by atoms with Gasteiger partial charge in [0.2, 0.25) is 0 Å². The van der Waals surface area contributed by atoms with Crippen molar-refractivity contribution in [1.29, 1.82) is 0 Å². The van der Waals surface area contributed by atoms with Crippen LogP contribution in [-0.2, 0) is 0 Å². The molecule has 1 aliphatic rings. The predicted octanol–water partition coefficient (Wildman–Crippen LogP) is 2.38. The van der Waals surface area contributed by atoms with Crippen molar-refractivity contribution in [2.24, 2.45) is 0 Å².